The Hall–Kier alpha value is -2.19. The fourth-order valence-electron chi connectivity index (χ4n) is 1.75. The molecular weight excluding hydrogens is 372 g/mol. The molecule has 3 aromatic heterocycles. The van der Waals surface area contributed by atoms with Gasteiger partial charge in [-0.15, -0.1) is 11.3 Å². The van der Waals surface area contributed by atoms with Crippen LogP contribution in [0.5, 0.6) is 0 Å². The molecule has 0 aliphatic carbocycles. The maximum Gasteiger partial charge on any atom is 0.331 e. The maximum atomic E-state index is 11.8. The van der Waals surface area contributed by atoms with E-state index in [1.807, 2.05) is 0 Å². The van der Waals surface area contributed by atoms with Crippen molar-refractivity contribution in [3.05, 3.63) is 56.3 Å². The zero-order valence-corrected chi connectivity index (χ0v) is 13.4. The van der Waals surface area contributed by atoms with Crippen LogP contribution in [0.3, 0.4) is 0 Å². The molecular formula is C14H9BrN2O4S. The van der Waals surface area contributed by atoms with Gasteiger partial charge in [0, 0.05) is 6.08 Å². The number of ether oxygens (including phenoxy) is 1. The Labute approximate surface area is 136 Å². The molecule has 0 fully saturated rings. The Morgan fingerprint density at radius 2 is 2.32 bits per heavy atom. The number of thiophene rings is 1. The van der Waals surface area contributed by atoms with E-state index in [1.54, 1.807) is 23.6 Å². The Morgan fingerprint density at radius 1 is 1.45 bits per heavy atom. The summed E-state index contributed by atoms with van der Waals surface area (Å²) in [6, 6.07) is 5.17. The van der Waals surface area contributed by atoms with E-state index in [9.17, 15) is 9.59 Å². The molecule has 3 heterocycles. The molecule has 0 aromatic carbocycles. The van der Waals surface area contributed by atoms with Crippen molar-refractivity contribution in [3.8, 4) is 0 Å². The summed E-state index contributed by atoms with van der Waals surface area (Å²) in [6.45, 7) is -0.105. The average molecular weight is 381 g/mol. The molecule has 1 N–H and O–H groups in total. The van der Waals surface area contributed by atoms with Crippen LogP contribution < -0.4 is 5.56 Å². The fraction of sp³-hybridized carbons (Fsp3) is 0.0714. The van der Waals surface area contributed by atoms with Crippen molar-refractivity contribution in [2.45, 2.75) is 6.61 Å². The van der Waals surface area contributed by atoms with Crippen LogP contribution in [-0.2, 0) is 16.1 Å². The van der Waals surface area contributed by atoms with Gasteiger partial charge >= 0.3 is 5.97 Å². The zero-order valence-electron chi connectivity index (χ0n) is 11.0. The number of nitrogens with one attached hydrogen (secondary N) is 1. The second kappa shape index (κ2) is 6.29. The number of rotatable bonds is 4. The van der Waals surface area contributed by atoms with E-state index in [0.29, 0.717) is 26.5 Å². The van der Waals surface area contributed by atoms with Crippen LogP contribution in [0.25, 0.3) is 16.3 Å². The summed E-state index contributed by atoms with van der Waals surface area (Å²) in [4.78, 5) is 30.2. The fourth-order valence-corrected chi connectivity index (χ4v) is 2.79. The van der Waals surface area contributed by atoms with Crippen molar-refractivity contribution in [2.24, 2.45) is 0 Å². The van der Waals surface area contributed by atoms with Crippen LogP contribution in [-0.4, -0.2) is 15.9 Å². The molecule has 0 saturated carbocycles. The lowest BCUT2D eigenvalue weighted by molar-refractivity contribution is -0.139. The number of aromatic amines is 1. The molecule has 0 bridgehead atoms. The highest BCUT2D eigenvalue weighted by Gasteiger charge is 2.06. The lowest BCUT2D eigenvalue weighted by atomic mass is 10.4. The van der Waals surface area contributed by atoms with Crippen molar-refractivity contribution in [3.63, 3.8) is 0 Å². The first kappa shape index (κ1) is 14.7. The second-order valence-electron chi connectivity index (χ2n) is 4.23. The van der Waals surface area contributed by atoms with Gasteiger partial charge in [0.15, 0.2) is 4.67 Å². The summed E-state index contributed by atoms with van der Waals surface area (Å²) in [6.07, 6.45) is 2.73. The summed E-state index contributed by atoms with van der Waals surface area (Å²) in [5.41, 5.74) is 0.359. The smallest absolute Gasteiger partial charge is 0.331 e. The van der Waals surface area contributed by atoms with Gasteiger partial charge in [-0.1, -0.05) is 0 Å². The van der Waals surface area contributed by atoms with Crippen molar-refractivity contribution < 1.29 is 13.9 Å². The molecule has 0 amide bonds. The number of esters is 1. The molecule has 0 saturated heterocycles. The van der Waals surface area contributed by atoms with Crippen LogP contribution in [0.15, 0.2) is 43.5 Å². The van der Waals surface area contributed by atoms with Gasteiger partial charge in [-0.3, -0.25) is 4.79 Å². The molecule has 8 heteroatoms. The van der Waals surface area contributed by atoms with Crippen LogP contribution >= 0.6 is 27.3 Å². The van der Waals surface area contributed by atoms with Crippen LogP contribution in [0.2, 0.25) is 0 Å². The maximum absolute atomic E-state index is 11.8. The van der Waals surface area contributed by atoms with Gasteiger partial charge in [0.2, 0.25) is 0 Å². The van der Waals surface area contributed by atoms with E-state index in [4.69, 9.17) is 9.15 Å². The molecule has 0 atom stereocenters. The quantitative estimate of drug-likeness (QED) is 0.555. The SMILES string of the molecule is O=C(C=Cc1ccc(Br)o1)OCc1nc2ccsc2c(=O)[nH]1. The third kappa shape index (κ3) is 3.34. The molecule has 22 heavy (non-hydrogen) atoms. The van der Waals surface area contributed by atoms with Crippen LogP contribution in [0.1, 0.15) is 11.6 Å². The highest BCUT2D eigenvalue weighted by atomic mass is 79.9. The lowest BCUT2D eigenvalue weighted by Gasteiger charge is -2.01. The first-order valence-corrected chi connectivity index (χ1v) is 7.85. The lowest BCUT2D eigenvalue weighted by Crippen LogP contribution is -2.12. The topological polar surface area (TPSA) is 85.2 Å². The highest BCUT2D eigenvalue weighted by Crippen LogP contribution is 2.15. The summed E-state index contributed by atoms with van der Waals surface area (Å²) in [7, 11) is 0. The monoisotopic (exact) mass is 380 g/mol. The molecule has 0 radical (unpaired) electrons. The molecule has 0 aliphatic rings. The third-order valence-electron chi connectivity index (χ3n) is 2.69. The van der Waals surface area contributed by atoms with Crippen molar-refractivity contribution in [2.75, 3.05) is 0 Å². The molecule has 0 spiro atoms. The molecule has 0 aliphatic heterocycles. The minimum Gasteiger partial charge on any atom is -0.454 e. The number of carbonyl (C=O) groups is 1. The number of hydrogen-bond donors (Lipinski definition) is 1. The van der Waals surface area contributed by atoms with Gasteiger partial charge in [-0.25, -0.2) is 9.78 Å². The van der Waals surface area contributed by atoms with Gasteiger partial charge in [-0.2, -0.15) is 0 Å². The molecule has 3 rings (SSSR count). The molecule has 112 valence electrons. The highest BCUT2D eigenvalue weighted by molar-refractivity contribution is 9.10. The van der Waals surface area contributed by atoms with Gasteiger partial charge in [0.05, 0.1) is 5.52 Å². The summed E-state index contributed by atoms with van der Waals surface area (Å²) >= 11 is 4.48. The number of fused-ring (bicyclic) bond motifs is 1. The first-order valence-electron chi connectivity index (χ1n) is 6.18. The van der Waals surface area contributed by atoms with E-state index >= 15 is 0 Å². The number of hydrogen-bond acceptors (Lipinski definition) is 6. The Bertz CT molecular complexity index is 909. The van der Waals surface area contributed by atoms with Gasteiger partial charge in [-0.05, 0) is 45.6 Å². The van der Waals surface area contributed by atoms with Crippen LogP contribution in [0, 0.1) is 0 Å². The largest absolute Gasteiger partial charge is 0.454 e. The van der Waals surface area contributed by atoms with E-state index in [0.717, 1.165) is 0 Å². The summed E-state index contributed by atoms with van der Waals surface area (Å²) < 4.78 is 11.4. The van der Waals surface area contributed by atoms with E-state index in [-0.39, 0.29) is 12.2 Å². The second-order valence-corrected chi connectivity index (χ2v) is 5.93. The zero-order chi connectivity index (χ0) is 15.5. The Morgan fingerprint density at radius 3 is 3.09 bits per heavy atom. The number of furan rings is 1. The standard InChI is InChI=1S/C14H9BrN2O4S/c15-10-3-1-8(21-10)2-4-12(18)20-7-11-16-9-5-6-22-13(9)14(19)17-11/h1-6H,7H2,(H,16,17,19). The van der Waals surface area contributed by atoms with E-state index in [1.165, 1.54) is 23.5 Å². The predicted molar refractivity (Wildman–Crippen MR) is 85.5 cm³/mol. The van der Waals surface area contributed by atoms with Crippen LogP contribution in [0.4, 0.5) is 0 Å². The first-order chi connectivity index (χ1) is 10.6. The van der Waals surface area contributed by atoms with Crippen molar-refractivity contribution in [1.29, 1.82) is 0 Å². The number of aromatic nitrogens is 2. The number of carbonyl (C=O) groups excluding carboxylic acids is 1. The van der Waals surface area contributed by atoms with Crippen molar-refractivity contribution in [1.82, 2.24) is 9.97 Å². The third-order valence-corrected chi connectivity index (χ3v) is 4.02. The van der Waals surface area contributed by atoms with Gasteiger partial charge in [0.1, 0.15) is 22.9 Å². The molecule has 6 nitrogen and oxygen atoms in total. The number of nitrogens with zero attached hydrogens (tertiary/aromatic N) is 1. The number of halogens is 1. The van der Waals surface area contributed by atoms with E-state index < -0.39 is 5.97 Å². The minimum atomic E-state index is -0.555. The van der Waals surface area contributed by atoms with Gasteiger partial charge in [0.25, 0.3) is 5.56 Å². The predicted octanol–water partition coefficient (Wildman–Crippen LogP) is 3.10. The average Bonchev–Trinajstić information content (AvgIpc) is 3.12. The summed E-state index contributed by atoms with van der Waals surface area (Å²) in [5.74, 6) is 0.272. The minimum absolute atomic E-state index is 0.105. The Kier molecular flexibility index (Phi) is 4.21. The summed E-state index contributed by atoms with van der Waals surface area (Å²) in [5, 5.41) is 1.78. The Balaban J connectivity index is 1.64. The number of H-pyrrole nitrogens is 1. The van der Waals surface area contributed by atoms with Crippen molar-refractivity contribution >= 4 is 49.5 Å². The molecule has 0 unspecified atom stereocenters. The molecule has 3 aromatic rings. The normalized spacial score (nSPS) is 11.3. The van der Waals surface area contributed by atoms with Gasteiger partial charge < -0.3 is 14.1 Å². The van der Waals surface area contributed by atoms with E-state index in [2.05, 4.69) is 25.9 Å².